The quantitative estimate of drug-likeness (QED) is 0.531. The van der Waals surface area contributed by atoms with Crippen LogP contribution in [0.2, 0.25) is 0 Å². The summed E-state index contributed by atoms with van der Waals surface area (Å²) < 4.78 is 14.6. The Labute approximate surface area is 215 Å². The number of nitrogens with one attached hydrogen (secondary N) is 1. The van der Waals surface area contributed by atoms with Crippen LogP contribution in [-0.4, -0.2) is 23.8 Å². The van der Waals surface area contributed by atoms with Gasteiger partial charge in [-0.1, -0.05) is 68.4 Å². The molecule has 7 heteroatoms. The highest BCUT2D eigenvalue weighted by Crippen LogP contribution is 2.56. The van der Waals surface area contributed by atoms with Crippen molar-refractivity contribution in [2.45, 2.75) is 38.4 Å². The predicted molar refractivity (Wildman–Crippen MR) is 138 cm³/mol. The average Bonchev–Trinajstić information content (AvgIpc) is 3.44. The van der Waals surface area contributed by atoms with Gasteiger partial charge in [0.2, 0.25) is 11.8 Å². The zero-order chi connectivity index (χ0) is 25.9. The monoisotopic (exact) mass is 497 g/mol. The van der Waals surface area contributed by atoms with Crippen molar-refractivity contribution in [3.8, 4) is 0 Å². The number of rotatable bonds is 5. The fraction of sp³-hybridized carbons (Fsp3) is 0.300. The minimum absolute atomic E-state index is 0.0305. The van der Waals surface area contributed by atoms with Gasteiger partial charge in [0.1, 0.15) is 11.4 Å². The van der Waals surface area contributed by atoms with E-state index in [0.717, 1.165) is 0 Å². The molecule has 2 fully saturated rings. The molecule has 3 aromatic rings. The van der Waals surface area contributed by atoms with Crippen LogP contribution in [0.5, 0.6) is 0 Å². The van der Waals surface area contributed by atoms with Crippen LogP contribution in [0.3, 0.4) is 0 Å². The van der Waals surface area contributed by atoms with Crippen molar-refractivity contribution < 1.29 is 18.8 Å². The number of nitrogens with zero attached hydrogens (tertiary/aromatic N) is 2. The number of carbonyl (C=O) groups is 3. The Morgan fingerprint density at radius 1 is 0.892 bits per heavy atom. The smallest absolute Gasteiger partial charge is 0.253 e. The lowest BCUT2D eigenvalue weighted by Gasteiger charge is -2.31. The molecule has 1 N–H and O–H groups in total. The minimum Gasteiger partial charge on any atom is -0.306 e. The summed E-state index contributed by atoms with van der Waals surface area (Å²) in [7, 11) is 0. The van der Waals surface area contributed by atoms with Crippen LogP contribution in [0.1, 0.15) is 31.4 Å². The molecule has 3 heterocycles. The molecule has 0 aromatic heterocycles. The molecule has 0 radical (unpaired) electrons. The third-order valence-corrected chi connectivity index (χ3v) is 7.89. The molecule has 3 aliphatic rings. The first-order chi connectivity index (χ1) is 17.8. The molecule has 4 atom stereocenters. The minimum atomic E-state index is -1.40. The standard InChI is InChI=1S/C30H28FN3O3/c1-18(2)16-23-25-26(28(36)34(27(25)35)20-11-4-3-5-12-20)30(32-23)21-13-7-9-15-24(21)33(29(30)37)17-19-10-6-8-14-22(19)31/h3-15,18,23,25-26,32H,16-17H2,1-2H3/t23-,25-,26-,30-/m0/s1. The fourth-order valence-corrected chi connectivity index (χ4v) is 6.44. The average molecular weight is 498 g/mol. The van der Waals surface area contributed by atoms with E-state index in [1.807, 2.05) is 30.3 Å². The molecule has 37 heavy (non-hydrogen) atoms. The van der Waals surface area contributed by atoms with E-state index in [-0.39, 0.29) is 36.2 Å². The van der Waals surface area contributed by atoms with Gasteiger partial charge in [-0.15, -0.1) is 0 Å². The number of benzene rings is 3. The van der Waals surface area contributed by atoms with Gasteiger partial charge in [-0.05, 0) is 36.6 Å². The Kier molecular flexibility index (Phi) is 5.49. The van der Waals surface area contributed by atoms with Crippen LogP contribution in [0.15, 0.2) is 78.9 Å². The molecule has 0 aliphatic carbocycles. The van der Waals surface area contributed by atoms with Crippen molar-refractivity contribution in [1.82, 2.24) is 5.32 Å². The van der Waals surface area contributed by atoms with Crippen molar-refractivity contribution in [3.05, 3.63) is 95.8 Å². The Balaban J connectivity index is 1.50. The second-order valence-corrected chi connectivity index (χ2v) is 10.5. The number of carbonyl (C=O) groups excluding carboxylic acids is 3. The van der Waals surface area contributed by atoms with Gasteiger partial charge < -0.3 is 4.90 Å². The van der Waals surface area contributed by atoms with Crippen LogP contribution < -0.4 is 15.1 Å². The normalized spacial score (nSPS) is 26.5. The molecule has 0 bridgehead atoms. The number of para-hydroxylation sites is 2. The highest BCUT2D eigenvalue weighted by Gasteiger charge is 2.71. The molecule has 6 nitrogen and oxygen atoms in total. The highest BCUT2D eigenvalue weighted by atomic mass is 19.1. The molecule has 1 spiro atoms. The van der Waals surface area contributed by atoms with E-state index in [4.69, 9.17) is 0 Å². The summed E-state index contributed by atoms with van der Waals surface area (Å²) in [6.07, 6.45) is 0.632. The van der Waals surface area contributed by atoms with E-state index in [9.17, 15) is 18.8 Å². The topological polar surface area (TPSA) is 69.7 Å². The molecular formula is C30H28FN3O3. The van der Waals surface area contributed by atoms with Gasteiger partial charge in [-0.2, -0.15) is 0 Å². The van der Waals surface area contributed by atoms with Gasteiger partial charge >= 0.3 is 0 Å². The van der Waals surface area contributed by atoms with Crippen molar-refractivity contribution in [2.24, 2.45) is 17.8 Å². The van der Waals surface area contributed by atoms with Gasteiger partial charge in [0.15, 0.2) is 0 Å². The summed E-state index contributed by atoms with van der Waals surface area (Å²) in [4.78, 5) is 45.2. The Morgan fingerprint density at radius 2 is 1.57 bits per heavy atom. The highest BCUT2D eigenvalue weighted by molar-refractivity contribution is 6.26. The lowest BCUT2D eigenvalue weighted by molar-refractivity contribution is -0.132. The summed E-state index contributed by atoms with van der Waals surface area (Å²) in [6.45, 7) is 4.16. The van der Waals surface area contributed by atoms with E-state index >= 15 is 0 Å². The number of hydrogen-bond donors (Lipinski definition) is 1. The van der Waals surface area contributed by atoms with E-state index < -0.39 is 23.2 Å². The van der Waals surface area contributed by atoms with Crippen LogP contribution in [0.25, 0.3) is 0 Å². The van der Waals surface area contributed by atoms with Crippen LogP contribution in [0.4, 0.5) is 15.8 Å². The lowest BCUT2D eigenvalue weighted by atomic mass is 9.76. The van der Waals surface area contributed by atoms with Gasteiger partial charge in [-0.25, -0.2) is 9.29 Å². The van der Waals surface area contributed by atoms with E-state index in [0.29, 0.717) is 28.9 Å². The molecule has 188 valence electrons. The third-order valence-electron chi connectivity index (χ3n) is 7.89. The van der Waals surface area contributed by atoms with Crippen molar-refractivity contribution in [2.75, 3.05) is 9.80 Å². The van der Waals surface area contributed by atoms with Crippen LogP contribution in [0, 0.1) is 23.6 Å². The predicted octanol–water partition coefficient (Wildman–Crippen LogP) is 4.39. The molecule has 6 rings (SSSR count). The van der Waals surface area contributed by atoms with Gasteiger partial charge in [0.25, 0.3) is 5.91 Å². The van der Waals surface area contributed by atoms with E-state index in [1.165, 1.54) is 11.0 Å². The number of amides is 3. The Morgan fingerprint density at radius 3 is 2.30 bits per heavy atom. The van der Waals surface area contributed by atoms with Crippen molar-refractivity contribution in [3.63, 3.8) is 0 Å². The first-order valence-electron chi connectivity index (χ1n) is 12.7. The maximum atomic E-state index is 14.6. The first-order valence-corrected chi connectivity index (χ1v) is 12.7. The van der Waals surface area contributed by atoms with Crippen LogP contribution >= 0.6 is 0 Å². The maximum Gasteiger partial charge on any atom is 0.253 e. The number of halogens is 1. The summed E-state index contributed by atoms with van der Waals surface area (Å²) in [5.41, 5.74) is 0.782. The molecule has 2 saturated heterocycles. The van der Waals surface area contributed by atoms with Crippen molar-refractivity contribution in [1.29, 1.82) is 0 Å². The zero-order valence-electron chi connectivity index (χ0n) is 20.7. The number of hydrogen-bond acceptors (Lipinski definition) is 4. The summed E-state index contributed by atoms with van der Waals surface area (Å²) in [6, 6.07) is 22.2. The molecular weight excluding hydrogens is 469 g/mol. The fourth-order valence-electron chi connectivity index (χ4n) is 6.44. The van der Waals surface area contributed by atoms with E-state index in [2.05, 4.69) is 19.2 Å². The third kappa shape index (κ3) is 3.37. The zero-order valence-corrected chi connectivity index (χ0v) is 20.7. The van der Waals surface area contributed by atoms with Gasteiger partial charge in [0.05, 0.1) is 24.1 Å². The first kappa shape index (κ1) is 23.6. The molecule has 0 unspecified atom stereocenters. The maximum absolute atomic E-state index is 14.6. The molecule has 0 saturated carbocycles. The molecule has 3 aromatic carbocycles. The Bertz CT molecular complexity index is 1410. The second kappa shape index (κ2) is 8.63. The van der Waals surface area contributed by atoms with Crippen LogP contribution in [-0.2, 0) is 26.5 Å². The molecule has 3 aliphatic heterocycles. The summed E-state index contributed by atoms with van der Waals surface area (Å²) in [5.74, 6) is -2.72. The second-order valence-electron chi connectivity index (χ2n) is 10.5. The summed E-state index contributed by atoms with van der Waals surface area (Å²) in [5, 5.41) is 3.52. The van der Waals surface area contributed by atoms with Gasteiger partial charge in [0, 0.05) is 22.9 Å². The largest absolute Gasteiger partial charge is 0.306 e. The number of imide groups is 1. The SMILES string of the molecule is CC(C)C[C@@H]1N[C@]2(C(=O)N(Cc3ccccc3F)c3ccccc32)[C@@H]2C(=O)N(c3ccccc3)C(=O)[C@@H]12. The Hall–Kier alpha value is -3.84. The number of anilines is 2. The summed E-state index contributed by atoms with van der Waals surface area (Å²) >= 11 is 0. The molecule has 3 amide bonds. The lowest BCUT2D eigenvalue weighted by Crippen LogP contribution is -2.55. The number of fused-ring (bicyclic) bond motifs is 4. The van der Waals surface area contributed by atoms with Gasteiger partial charge in [-0.3, -0.25) is 19.7 Å². The van der Waals surface area contributed by atoms with Crippen molar-refractivity contribution >= 4 is 29.1 Å². The van der Waals surface area contributed by atoms with E-state index in [1.54, 1.807) is 47.4 Å².